The van der Waals surface area contributed by atoms with Crippen molar-refractivity contribution >= 4 is 41.9 Å². The van der Waals surface area contributed by atoms with E-state index in [-0.39, 0.29) is 55.6 Å². The molecule has 2 fully saturated rings. The first kappa shape index (κ1) is 56.3. The summed E-state index contributed by atoms with van der Waals surface area (Å²) < 4.78 is 16.4. The minimum absolute atomic E-state index is 0.0682. The van der Waals surface area contributed by atoms with E-state index < -0.39 is 65.3 Å². The zero-order valence-electron chi connectivity index (χ0n) is 43.4. The van der Waals surface area contributed by atoms with E-state index in [9.17, 15) is 33.6 Å². The van der Waals surface area contributed by atoms with Crippen LogP contribution in [-0.4, -0.2) is 120 Å². The van der Waals surface area contributed by atoms with Crippen LogP contribution in [0.2, 0.25) is 0 Å². The van der Waals surface area contributed by atoms with Gasteiger partial charge in [0.15, 0.2) is 0 Å². The Morgan fingerprint density at radius 2 is 1.03 bits per heavy atom. The van der Waals surface area contributed by atoms with E-state index in [2.05, 4.69) is 26.6 Å². The van der Waals surface area contributed by atoms with Gasteiger partial charge in [0, 0.05) is 51.0 Å². The summed E-state index contributed by atoms with van der Waals surface area (Å²) in [4.78, 5) is 99.4. The minimum Gasteiger partial charge on any atom is -0.445 e. The maximum Gasteiger partial charge on any atom is 0.410 e. The Labute approximate surface area is 425 Å². The molecule has 17 nitrogen and oxygen atoms in total. The van der Waals surface area contributed by atoms with Gasteiger partial charge in [0.2, 0.25) is 23.6 Å². The number of alkyl carbamates (subject to hydrolysis) is 2. The third-order valence-corrected chi connectivity index (χ3v) is 12.4. The molecule has 2 saturated heterocycles. The summed E-state index contributed by atoms with van der Waals surface area (Å²) in [5, 5.41) is 14.2. The Bertz CT molecular complexity index is 2250. The Hall–Kier alpha value is -6.65. The Morgan fingerprint density at radius 3 is 1.54 bits per heavy atom. The van der Waals surface area contributed by atoms with E-state index in [1.54, 1.807) is 51.3 Å². The predicted octanol–water partition coefficient (Wildman–Crippen LogP) is 6.82. The molecule has 4 atom stereocenters. The topological polar surface area (TPSA) is 214 Å². The molecule has 17 heteroatoms. The van der Waals surface area contributed by atoms with Gasteiger partial charge in [0.25, 0.3) is 0 Å². The minimum atomic E-state index is -1.18. The van der Waals surface area contributed by atoms with Crippen LogP contribution in [0.5, 0.6) is 0 Å². The van der Waals surface area contributed by atoms with Crippen LogP contribution in [0.4, 0.5) is 14.4 Å². The van der Waals surface area contributed by atoms with Gasteiger partial charge >= 0.3 is 18.3 Å². The van der Waals surface area contributed by atoms with Gasteiger partial charge in [-0.05, 0) is 103 Å². The van der Waals surface area contributed by atoms with Crippen LogP contribution >= 0.6 is 0 Å². The lowest BCUT2D eigenvalue weighted by molar-refractivity contribution is -0.150. The molecular formula is C55H77N7O10. The summed E-state index contributed by atoms with van der Waals surface area (Å²) in [7, 11) is 0. The molecular weight excluding hydrogens is 919 g/mol. The summed E-state index contributed by atoms with van der Waals surface area (Å²) in [6, 6.07) is 23.4. The molecule has 3 aromatic rings. The van der Waals surface area contributed by atoms with Gasteiger partial charge in [-0.3, -0.25) is 19.2 Å². The lowest BCUT2D eigenvalue weighted by Gasteiger charge is -2.54. The largest absolute Gasteiger partial charge is 0.445 e. The van der Waals surface area contributed by atoms with Crippen molar-refractivity contribution in [2.24, 2.45) is 11.3 Å². The number of nitrogens with zero attached hydrogens (tertiary/aromatic N) is 2. The standard InChI is InChI=1S/C55H77N7O10/c1-38(2)32-43(58-47(64)44(33-39-20-12-9-13-21-39)59-48(65)45(34-40-22-14-10-15-23-40)60-51(68)72-54(6,7)8)46(63)57-42(26-18-19-29-56-50(67)71-53(3,4)5)49(66)62-36-55(37-62)27-30-61(31-28-55)52(69)70-35-41-24-16-11-17-25-41/h9-17,20-25,38,42-45H,18-19,26-37H2,1-8H3,(H,56,67)(H,57,63)(H,58,64)(H,59,65)(H,60,68)/t42-,43?,44-,45-/m1/s1. The van der Waals surface area contributed by atoms with Crippen molar-refractivity contribution < 1.29 is 47.8 Å². The molecule has 5 N–H and O–H groups in total. The first-order valence-electron chi connectivity index (χ1n) is 25.3. The smallest absolute Gasteiger partial charge is 0.410 e. The van der Waals surface area contributed by atoms with Gasteiger partial charge in [-0.25, -0.2) is 14.4 Å². The molecule has 5 rings (SSSR count). The van der Waals surface area contributed by atoms with Crippen LogP contribution in [0.3, 0.4) is 0 Å². The summed E-state index contributed by atoms with van der Waals surface area (Å²) >= 11 is 0. The highest BCUT2D eigenvalue weighted by Gasteiger charge is 2.49. The number of ether oxygens (including phenoxy) is 3. The zero-order chi connectivity index (χ0) is 52.5. The summed E-state index contributed by atoms with van der Waals surface area (Å²) in [5.74, 6) is -2.14. The number of carbonyl (C=O) groups is 7. The van der Waals surface area contributed by atoms with Crippen molar-refractivity contribution in [3.63, 3.8) is 0 Å². The highest BCUT2D eigenvalue weighted by molar-refractivity contribution is 5.95. The van der Waals surface area contributed by atoms with E-state index in [1.165, 1.54) is 0 Å². The number of hydrogen-bond donors (Lipinski definition) is 5. The Kier molecular flexibility index (Phi) is 20.4. The molecule has 0 aliphatic carbocycles. The molecule has 2 aliphatic heterocycles. The molecule has 0 radical (unpaired) electrons. The van der Waals surface area contributed by atoms with E-state index in [0.717, 1.165) is 16.7 Å². The molecule has 7 amide bonds. The first-order chi connectivity index (χ1) is 34.1. The van der Waals surface area contributed by atoms with E-state index in [1.807, 2.05) is 105 Å². The van der Waals surface area contributed by atoms with Gasteiger partial charge < -0.3 is 50.6 Å². The van der Waals surface area contributed by atoms with Crippen LogP contribution in [-0.2, 0) is 52.8 Å². The molecule has 2 aliphatic rings. The average Bonchev–Trinajstić information content (AvgIpc) is 3.30. The lowest BCUT2D eigenvalue weighted by Crippen LogP contribution is -2.65. The molecule has 0 saturated carbocycles. The van der Waals surface area contributed by atoms with Crippen LogP contribution in [0, 0.1) is 11.3 Å². The second kappa shape index (κ2) is 26.2. The van der Waals surface area contributed by atoms with Crippen LogP contribution in [0.1, 0.15) is 111 Å². The monoisotopic (exact) mass is 996 g/mol. The fourth-order valence-corrected chi connectivity index (χ4v) is 8.75. The molecule has 1 unspecified atom stereocenters. The zero-order valence-corrected chi connectivity index (χ0v) is 43.4. The molecule has 392 valence electrons. The molecule has 0 aromatic heterocycles. The van der Waals surface area contributed by atoms with Crippen LogP contribution in [0.15, 0.2) is 91.0 Å². The molecule has 0 bridgehead atoms. The van der Waals surface area contributed by atoms with Crippen LogP contribution < -0.4 is 26.6 Å². The fraction of sp³-hybridized carbons (Fsp3) is 0.545. The van der Waals surface area contributed by atoms with E-state index >= 15 is 0 Å². The highest BCUT2D eigenvalue weighted by Crippen LogP contribution is 2.41. The van der Waals surface area contributed by atoms with Gasteiger partial charge in [-0.1, -0.05) is 105 Å². The van der Waals surface area contributed by atoms with Crippen molar-refractivity contribution in [2.75, 3.05) is 32.7 Å². The van der Waals surface area contributed by atoms with Crippen molar-refractivity contribution in [1.29, 1.82) is 0 Å². The Morgan fingerprint density at radius 1 is 0.569 bits per heavy atom. The molecule has 3 aromatic carbocycles. The summed E-state index contributed by atoms with van der Waals surface area (Å²) in [6.45, 7) is 16.7. The summed E-state index contributed by atoms with van der Waals surface area (Å²) in [5.41, 5.74) is 0.746. The number of likely N-dealkylation sites (tertiary alicyclic amines) is 2. The average molecular weight is 996 g/mol. The quantitative estimate of drug-likeness (QED) is 0.0555. The summed E-state index contributed by atoms with van der Waals surface area (Å²) in [6.07, 6.45) is 1.29. The first-order valence-corrected chi connectivity index (χ1v) is 25.3. The van der Waals surface area contributed by atoms with Gasteiger partial charge in [-0.2, -0.15) is 0 Å². The number of carbonyl (C=O) groups excluding carboxylic acids is 7. The van der Waals surface area contributed by atoms with Gasteiger partial charge in [0.05, 0.1) is 0 Å². The Balaban J connectivity index is 1.29. The lowest BCUT2D eigenvalue weighted by atomic mass is 9.71. The van der Waals surface area contributed by atoms with Gasteiger partial charge in [-0.15, -0.1) is 0 Å². The molecule has 1 spiro atoms. The predicted molar refractivity (Wildman–Crippen MR) is 273 cm³/mol. The van der Waals surface area contributed by atoms with Crippen molar-refractivity contribution in [3.8, 4) is 0 Å². The number of nitrogens with one attached hydrogen (secondary N) is 5. The SMILES string of the molecule is CC(C)CC(NC(=O)[C@@H](Cc1ccccc1)NC(=O)[C@@H](Cc1ccccc1)NC(=O)OC(C)(C)C)C(=O)N[C@H](CCCCNC(=O)OC(C)(C)C)C(=O)N1CC2(CCN(C(=O)OCc3ccccc3)CC2)C1. The second-order valence-electron chi connectivity index (χ2n) is 21.5. The number of amides is 7. The number of benzene rings is 3. The fourth-order valence-electron chi connectivity index (χ4n) is 8.75. The third-order valence-electron chi connectivity index (χ3n) is 12.4. The van der Waals surface area contributed by atoms with E-state index in [0.29, 0.717) is 58.4 Å². The number of piperidine rings is 1. The molecule has 72 heavy (non-hydrogen) atoms. The van der Waals surface area contributed by atoms with Crippen molar-refractivity contribution in [1.82, 2.24) is 36.4 Å². The highest BCUT2D eigenvalue weighted by atomic mass is 16.6. The number of rotatable bonds is 21. The van der Waals surface area contributed by atoms with Crippen molar-refractivity contribution in [2.45, 2.75) is 149 Å². The van der Waals surface area contributed by atoms with Gasteiger partial charge in [0.1, 0.15) is 42.0 Å². The van der Waals surface area contributed by atoms with Crippen LogP contribution in [0.25, 0.3) is 0 Å². The number of hydrogen-bond acceptors (Lipinski definition) is 10. The van der Waals surface area contributed by atoms with E-state index in [4.69, 9.17) is 14.2 Å². The maximum absolute atomic E-state index is 14.5. The second-order valence-corrected chi connectivity index (χ2v) is 21.5. The normalized spacial score (nSPS) is 16.0. The third kappa shape index (κ3) is 18.8. The molecule has 2 heterocycles. The maximum atomic E-state index is 14.5. The van der Waals surface area contributed by atoms with Crippen molar-refractivity contribution in [3.05, 3.63) is 108 Å². The number of unbranched alkanes of at least 4 members (excludes halogenated alkanes) is 1.